The van der Waals surface area contributed by atoms with Gasteiger partial charge in [0.1, 0.15) is 5.57 Å². The molecule has 1 aliphatic rings. The Bertz CT molecular complexity index is 935. The lowest BCUT2D eigenvalue weighted by molar-refractivity contribution is -0.267. The Balaban J connectivity index is 2.28. The molecule has 2 aromatic rings. The highest BCUT2D eigenvalue weighted by Crippen LogP contribution is 2.42. The third kappa shape index (κ3) is 3.70. The molecule has 1 saturated heterocycles. The second-order valence-corrected chi connectivity index (χ2v) is 6.21. The molecule has 1 atom stereocenters. The first kappa shape index (κ1) is 20.1. The van der Waals surface area contributed by atoms with Crippen molar-refractivity contribution in [3.05, 3.63) is 77.4 Å². The van der Waals surface area contributed by atoms with Crippen LogP contribution in [0.4, 0.5) is 10.5 Å². The van der Waals surface area contributed by atoms with Crippen LogP contribution >= 0.6 is 0 Å². The minimum absolute atomic E-state index is 0.431. The van der Waals surface area contributed by atoms with E-state index in [0.29, 0.717) is 11.3 Å². The number of amides is 1. The van der Waals surface area contributed by atoms with Gasteiger partial charge in [-0.2, -0.15) is 0 Å². The molecule has 0 aromatic heterocycles. The number of anilines is 1. The molecule has 2 aromatic carbocycles. The van der Waals surface area contributed by atoms with Crippen LogP contribution < -0.4 is 4.90 Å². The number of carbonyl (C=O) groups excluding carboxylic acids is 3. The van der Waals surface area contributed by atoms with Crippen molar-refractivity contribution in [3.8, 4) is 0 Å². The Morgan fingerprint density at radius 1 is 0.966 bits per heavy atom. The minimum atomic E-state index is -1.75. The zero-order chi connectivity index (χ0) is 21.0. The third-order valence-corrected chi connectivity index (χ3v) is 4.38. The van der Waals surface area contributed by atoms with E-state index in [1.165, 1.54) is 4.90 Å². The summed E-state index contributed by atoms with van der Waals surface area (Å²) in [5.41, 5.74) is -0.353. The summed E-state index contributed by atoms with van der Waals surface area (Å²) in [5.74, 6) is -1.89. The second kappa shape index (κ2) is 8.15. The first-order valence-corrected chi connectivity index (χ1v) is 8.64. The van der Waals surface area contributed by atoms with Gasteiger partial charge in [0, 0.05) is 5.56 Å². The Kier molecular flexibility index (Phi) is 5.65. The average Bonchev–Trinajstić information content (AvgIpc) is 3.09. The van der Waals surface area contributed by atoms with Crippen molar-refractivity contribution in [1.82, 2.24) is 0 Å². The van der Waals surface area contributed by atoms with Crippen molar-refractivity contribution in [1.29, 1.82) is 0 Å². The summed E-state index contributed by atoms with van der Waals surface area (Å²) < 4.78 is 9.41. The van der Waals surface area contributed by atoms with E-state index < -0.39 is 29.3 Å². The molecule has 150 valence electrons. The van der Waals surface area contributed by atoms with Crippen molar-refractivity contribution in [2.45, 2.75) is 12.6 Å². The van der Waals surface area contributed by atoms with Crippen LogP contribution in [0.1, 0.15) is 11.1 Å². The molecular formula is C21H19NO7. The Morgan fingerprint density at radius 3 is 2.10 bits per heavy atom. The molecule has 1 heterocycles. The van der Waals surface area contributed by atoms with Crippen molar-refractivity contribution in [2.75, 3.05) is 19.1 Å². The largest absolute Gasteiger partial charge is 0.465 e. The number of aryl methyl sites for hydroxylation is 1. The maximum absolute atomic E-state index is 12.6. The van der Waals surface area contributed by atoms with Gasteiger partial charge in [-0.1, -0.05) is 48.0 Å². The lowest BCUT2D eigenvalue weighted by Gasteiger charge is -2.31. The van der Waals surface area contributed by atoms with Gasteiger partial charge >= 0.3 is 18.0 Å². The number of hydrogen-bond donors (Lipinski definition) is 0. The molecule has 1 aliphatic heterocycles. The van der Waals surface area contributed by atoms with Crippen LogP contribution in [0.5, 0.6) is 0 Å². The van der Waals surface area contributed by atoms with E-state index in [9.17, 15) is 14.4 Å². The predicted octanol–water partition coefficient (Wildman–Crippen LogP) is 3.01. The molecule has 29 heavy (non-hydrogen) atoms. The Morgan fingerprint density at radius 2 is 1.55 bits per heavy atom. The number of benzene rings is 2. The minimum Gasteiger partial charge on any atom is -0.465 e. The van der Waals surface area contributed by atoms with Crippen LogP contribution in [0.25, 0.3) is 0 Å². The second-order valence-electron chi connectivity index (χ2n) is 6.21. The van der Waals surface area contributed by atoms with Gasteiger partial charge in [0.15, 0.2) is 0 Å². The fourth-order valence-corrected chi connectivity index (χ4v) is 2.94. The van der Waals surface area contributed by atoms with Gasteiger partial charge in [-0.15, -0.1) is 4.89 Å². The van der Waals surface area contributed by atoms with Crippen molar-refractivity contribution < 1.29 is 33.6 Å². The molecular weight excluding hydrogens is 378 g/mol. The predicted molar refractivity (Wildman–Crippen MR) is 101 cm³/mol. The summed E-state index contributed by atoms with van der Waals surface area (Å²) >= 11 is 0. The summed E-state index contributed by atoms with van der Waals surface area (Å²) in [6.45, 7) is 1.90. The molecule has 0 radical (unpaired) electrons. The van der Waals surface area contributed by atoms with Gasteiger partial charge in [-0.25, -0.2) is 19.3 Å². The topological polar surface area (TPSA) is 91.4 Å². The molecule has 8 heteroatoms. The average molecular weight is 397 g/mol. The summed E-state index contributed by atoms with van der Waals surface area (Å²) in [6, 6.07) is 15.6. The highest BCUT2D eigenvalue weighted by Gasteiger charge is 2.52. The molecule has 0 spiro atoms. The molecule has 0 N–H and O–H groups in total. The van der Waals surface area contributed by atoms with E-state index in [1.54, 1.807) is 54.6 Å². The zero-order valence-electron chi connectivity index (χ0n) is 16.1. The number of para-hydroxylation sites is 1. The molecule has 3 rings (SSSR count). The summed E-state index contributed by atoms with van der Waals surface area (Å²) in [7, 11) is 2.26. The van der Waals surface area contributed by atoms with E-state index >= 15 is 0 Å². The van der Waals surface area contributed by atoms with Crippen molar-refractivity contribution >= 4 is 23.7 Å². The summed E-state index contributed by atoms with van der Waals surface area (Å²) in [4.78, 5) is 48.7. The number of methoxy groups -OCH3 is 2. The first-order valence-electron chi connectivity index (χ1n) is 8.64. The van der Waals surface area contributed by atoms with Crippen LogP contribution in [0.3, 0.4) is 0 Å². The maximum Gasteiger partial charge on any atom is 0.448 e. The highest BCUT2D eigenvalue weighted by atomic mass is 17.2. The fourth-order valence-electron chi connectivity index (χ4n) is 2.94. The van der Waals surface area contributed by atoms with Crippen LogP contribution in [-0.4, -0.2) is 32.3 Å². The van der Waals surface area contributed by atoms with E-state index in [-0.39, 0.29) is 0 Å². The molecule has 1 fully saturated rings. The molecule has 1 unspecified atom stereocenters. The van der Waals surface area contributed by atoms with Crippen molar-refractivity contribution in [2.24, 2.45) is 0 Å². The quantitative estimate of drug-likeness (QED) is 0.252. The molecule has 8 nitrogen and oxygen atoms in total. The number of hydrogen-bond acceptors (Lipinski definition) is 7. The number of nitrogens with zero attached hydrogens (tertiary/aromatic N) is 1. The lowest BCUT2D eigenvalue weighted by atomic mass is 9.96. The lowest BCUT2D eigenvalue weighted by Crippen LogP contribution is -2.43. The SMILES string of the molecule is COC(=O)C(=CC1(c2ccc(C)cc2)OOC(=O)N1c1ccccc1)C(=O)OC. The normalized spacial score (nSPS) is 18.0. The number of esters is 2. The molecule has 0 aliphatic carbocycles. The number of ether oxygens (including phenoxy) is 2. The third-order valence-electron chi connectivity index (χ3n) is 4.38. The summed E-state index contributed by atoms with van der Waals surface area (Å²) in [6.07, 6.45) is 0.342. The van der Waals surface area contributed by atoms with Crippen LogP contribution in [0.15, 0.2) is 66.2 Å². The summed E-state index contributed by atoms with van der Waals surface area (Å²) in [5, 5.41) is 0. The van der Waals surface area contributed by atoms with Gasteiger partial charge in [-0.3, -0.25) is 4.89 Å². The Hall–Kier alpha value is -3.65. The van der Waals surface area contributed by atoms with Gasteiger partial charge in [0.25, 0.3) is 0 Å². The zero-order valence-corrected chi connectivity index (χ0v) is 16.1. The van der Waals surface area contributed by atoms with E-state index in [2.05, 4.69) is 0 Å². The smallest absolute Gasteiger partial charge is 0.448 e. The monoisotopic (exact) mass is 397 g/mol. The molecule has 0 saturated carbocycles. The Labute approximate surface area is 167 Å². The molecule has 1 amide bonds. The maximum atomic E-state index is 12.6. The first-order chi connectivity index (χ1) is 13.9. The molecule has 0 bridgehead atoms. The van der Waals surface area contributed by atoms with Crippen LogP contribution in [0, 0.1) is 6.92 Å². The van der Waals surface area contributed by atoms with Gasteiger partial charge in [0.2, 0.25) is 5.72 Å². The highest BCUT2D eigenvalue weighted by molar-refractivity contribution is 6.14. The fraction of sp³-hybridized carbons (Fsp3) is 0.190. The number of rotatable bonds is 5. The van der Waals surface area contributed by atoms with Gasteiger partial charge in [0.05, 0.1) is 19.9 Å². The van der Waals surface area contributed by atoms with Gasteiger partial charge in [-0.05, 0) is 25.1 Å². The van der Waals surface area contributed by atoms with Crippen LogP contribution in [-0.2, 0) is 34.6 Å². The van der Waals surface area contributed by atoms with E-state index in [0.717, 1.165) is 25.9 Å². The number of carbonyl (C=O) groups is 3. The standard InChI is InChI=1S/C21H19NO7/c1-14-9-11-15(12-10-14)21(13-17(18(23)26-2)19(24)27-3)22(20(25)28-29-21)16-7-5-4-6-8-16/h4-13H,1-3H3. The van der Waals surface area contributed by atoms with E-state index in [1.807, 2.05) is 6.92 Å². The van der Waals surface area contributed by atoms with Crippen LogP contribution in [0.2, 0.25) is 0 Å². The van der Waals surface area contributed by atoms with E-state index in [4.69, 9.17) is 19.2 Å². The van der Waals surface area contributed by atoms with Gasteiger partial charge < -0.3 is 9.47 Å². The van der Waals surface area contributed by atoms with Crippen molar-refractivity contribution in [3.63, 3.8) is 0 Å².